The van der Waals surface area contributed by atoms with Gasteiger partial charge in [0.1, 0.15) is 0 Å². The Morgan fingerprint density at radius 1 is 1.31 bits per heavy atom. The van der Waals surface area contributed by atoms with E-state index in [1.165, 1.54) is 10.9 Å². The number of nitrogens with one attached hydrogen (secondary N) is 2. The molecule has 0 aliphatic carbocycles. The van der Waals surface area contributed by atoms with Crippen molar-refractivity contribution in [2.45, 2.75) is 31.9 Å². The van der Waals surface area contributed by atoms with Crippen LogP contribution in [0.25, 0.3) is 10.9 Å². The normalized spacial score (nSPS) is 17.6. The Kier molecular flexibility index (Phi) is 7.22. The summed E-state index contributed by atoms with van der Waals surface area (Å²) >= 11 is 0. The van der Waals surface area contributed by atoms with Crippen LogP contribution in [0.2, 0.25) is 0 Å². The lowest BCUT2D eigenvalue weighted by Gasteiger charge is -2.13. The molecule has 1 fully saturated rings. The minimum Gasteiger partial charge on any atom is -0.379 e. The number of hydrogen-bond donors (Lipinski definition) is 2. The molecule has 1 aliphatic rings. The monoisotopic (exact) mass is 356 g/mol. The van der Waals surface area contributed by atoms with Crippen LogP contribution in [0, 0.1) is 0 Å². The second kappa shape index (κ2) is 10.1. The molecule has 0 amide bonds. The van der Waals surface area contributed by atoms with Gasteiger partial charge in [0.2, 0.25) is 0 Å². The molecule has 3 rings (SSSR count). The molecular weight excluding hydrogens is 328 g/mol. The molecule has 6 heteroatoms. The maximum absolute atomic E-state index is 5.68. The first-order valence-electron chi connectivity index (χ1n) is 9.33. The van der Waals surface area contributed by atoms with Crippen LogP contribution in [0.3, 0.4) is 0 Å². The van der Waals surface area contributed by atoms with Gasteiger partial charge in [-0.25, -0.2) is 0 Å². The van der Waals surface area contributed by atoms with Crippen molar-refractivity contribution < 1.29 is 9.47 Å². The Bertz CT molecular complexity index is 709. The lowest BCUT2D eigenvalue weighted by molar-refractivity contribution is 0.0168. The van der Waals surface area contributed by atoms with Crippen molar-refractivity contribution in [2.75, 3.05) is 33.4 Å². The number of nitrogens with zero attached hydrogens (tertiary/aromatic N) is 2. The Morgan fingerprint density at radius 3 is 3.08 bits per heavy atom. The second-order valence-corrected chi connectivity index (χ2v) is 6.40. The maximum atomic E-state index is 5.68. The van der Waals surface area contributed by atoms with E-state index in [4.69, 9.17) is 9.47 Å². The van der Waals surface area contributed by atoms with E-state index < -0.39 is 0 Å². The largest absolute Gasteiger partial charge is 0.379 e. The Hall–Kier alpha value is -2.18. The van der Waals surface area contributed by atoms with Crippen molar-refractivity contribution in [1.29, 1.82) is 0 Å². The molecule has 1 aliphatic heterocycles. The maximum Gasteiger partial charge on any atom is 0.191 e. The van der Waals surface area contributed by atoms with E-state index in [-0.39, 0.29) is 0 Å². The van der Waals surface area contributed by atoms with Gasteiger partial charge in [0.25, 0.3) is 0 Å². The fourth-order valence-electron chi connectivity index (χ4n) is 3.08. The first kappa shape index (κ1) is 18.6. The highest BCUT2D eigenvalue weighted by Crippen LogP contribution is 2.15. The Balaban J connectivity index is 1.36. The van der Waals surface area contributed by atoms with Gasteiger partial charge in [-0.2, -0.15) is 0 Å². The minimum atomic E-state index is 0.299. The molecule has 2 heterocycles. The lowest BCUT2D eigenvalue weighted by atomic mass is 10.1. The highest BCUT2D eigenvalue weighted by atomic mass is 16.5. The zero-order valence-electron chi connectivity index (χ0n) is 15.4. The molecule has 6 nitrogen and oxygen atoms in total. The van der Waals surface area contributed by atoms with Crippen LogP contribution in [-0.2, 0) is 16.0 Å². The summed E-state index contributed by atoms with van der Waals surface area (Å²) in [5.74, 6) is 0.796. The molecule has 1 saturated heterocycles. The van der Waals surface area contributed by atoms with Crippen LogP contribution in [0.1, 0.15) is 24.8 Å². The number of pyridine rings is 1. The molecule has 0 spiro atoms. The summed E-state index contributed by atoms with van der Waals surface area (Å²) in [5.41, 5.74) is 2.22. The summed E-state index contributed by atoms with van der Waals surface area (Å²) in [4.78, 5) is 8.68. The molecular formula is C20H28N4O2. The fraction of sp³-hybridized carbons (Fsp3) is 0.500. The predicted octanol–water partition coefficient (Wildman–Crippen LogP) is 2.49. The summed E-state index contributed by atoms with van der Waals surface area (Å²) in [6.45, 7) is 3.85. The van der Waals surface area contributed by atoms with E-state index in [0.29, 0.717) is 19.3 Å². The van der Waals surface area contributed by atoms with Crippen molar-refractivity contribution in [2.24, 2.45) is 4.99 Å². The number of rotatable bonds is 8. The van der Waals surface area contributed by atoms with Gasteiger partial charge in [0.15, 0.2) is 5.96 Å². The van der Waals surface area contributed by atoms with Crippen molar-refractivity contribution in [3.05, 3.63) is 42.1 Å². The van der Waals surface area contributed by atoms with Crippen LogP contribution in [-0.4, -0.2) is 50.5 Å². The van der Waals surface area contributed by atoms with E-state index in [1.807, 2.05) is 30.5 Å². The molecule has 0 saturated carbocycles. The van der Waals surface area contributed by atoms with Gasteiger partial charge in [0, 0.05) is 44.9 Å². The molecule has 2 N–H and O–H groups in total. The molecule has 0 radical (unpaired) electrons. The zero-order valence-corrected chi connectivity index (χ0v) is 15.4. The molecule has 2 aromatic rings. The molecule has 1 aromatic heterocycles. The Morgan fingerprint density at radius 2 is 2.23 bits per heavy atom. The summed E-state index contributed by atoms with van der Waals surface area (Å²) in [7, 11) is 1.79. The lowest BCUT2D eigenvalue weighted by Crippen LogP contribution is -2.37. The topological polar surface area (TPSA) is 67.8 Å². The van der Waals surface area contributed by atoms with E-state index in [0.717, 1.165) is 50.5 Å². The minimum absolute atomic E-state index is 0.299. The van der Waals surface area contributed by atoms with Gasteiger partial charge in [-0.05, 0) is 37.0 Å². The van der Waals surface area contributed by atoms with Crippen molar-refractivity contribution >= 4 is 16.9 Å². The number of para-hydroxylation sites is 1. The summed E-state index contributed by atoms with van der Waals surface area (Å²) in [5, 5.41) is 7.86. The summed E-state index contributed by atoms with van der Waals surface area (Å²) < 4.78 is 11.2. The van der Waals surface area contributed by atoms with E-state index in [9.17, 15) is 0 Å². The van der Waals surface area contributed by atoms with Gasteiger partial charge in [0.05, 0.1) is 18.2 Å². The Labute approximate surface area is 155 Å². The van der Waals surface area contributed by atoms with Crippen LogP contribution in [0.15, 0.2) is 41.5 Å². The molecule has 0 bridgehead atoms. The molecule has 1 atom stereocenters. The number of guanidine groups is 1. The SMILES string of the molecule is CN=C(NCCCOCC1CCCO1)NCc1ccnc2ccccc12. The number of aromatic nitrogens is 1. The number of ether oxygens (including phenoxy) is 2. The second-order valence-electron chi connectivity index (χ2n) is 6.40. The van der Waals surface area contributed by atoms with Crippen LogP contribution < -0.4 is 10.6 Å². The number of fused-ring (bicyclic) bond motifs is 1. The zero-order chi connectivity index (χ0) is 18.0. The van der Waals surface area contributed by atoms with Gasteiger partial charge < -0.3 is 20.1 Å². The van der Waals surface area contributed by atoms with Crippen LogP contribution in [0.5, 0.6) is 0 Å². The third-order valence-corrected chi connectivity index (χ3v) is 4.49. The molecule has 26 heavy (non-hydrogen) atoms. The van der Waals surface area contributed by atoms with Crippen molar-refractivity contribution in [3.8, 4) is 0 Å². The van der Waals surface area contributed by atoms with E-state index in [1.54, 1.807) is 7.05 Å². The van der Waals surface area contributed by atoms with Gasteiger partial charge in [-0.1, -0.05) is 18.2 Å². The number of hydrogen-bond acceptors (Lipinski definition) is 4. The first-order chi connectivity index (χ1) is 12.9. The van der Waals surface area contributed by atoms with Gasteiger partial charge >= 0.3 is 0 Å². The van der Waals surface area contributed by atoms with Crippen LogP contribution in [0.4, 0.5) is 0 Å². The first-order valence-corrected chi connectivity index (χ1v) is 9.33. The van der Waals surface area contributed by atoms with E-state index in [2.05, 4.69) is 26.7 Å². The molecule has 140 valence electrons. The van der Waals surface area contributed by atoms with Crippen molar-refractivity contribution in [3.63, 3.8) is 0 Å². The molecule has 1 unspecified atom stereocenters. The van der Waals surface area contributed by atoms with Crippen molar-refractivity contribution in [1.82, 2.24) is 15.6 Å². The summed E-state index contributed by atoms with van der Waals surface area (Å²) in [6.07, 6.45) is 5.36. The third kappa shape index (κ3) is 5.41. The van der Waals surface area contributed by atoms with Gasteiger partial charge in [-0.15, -0.1) is 0 Å². The quantitative estimate of drug-likeness (QED) is 0.432. The van der Waals surface area contributed by atoms with Crippen LogP contribution >= 0.6 is 0 Å². The number of aliphatic imine (C=N–C) groups is 1. The molecule has 1 aromatic carbocycles. The highest BCUT2D eigenvalue weighted by molar-refractivity contribution is 5.83. The third-order valence-electron chi connectivity index (χ3n) is 4.49. The number of benzene rings is 1. The smallest absolute Gasteiger partial charge is 0.191 e. The predicted molar refractivity (Wildman–Crippen MR) is 104 cm³/mol. The average Bonchev–Trinajstić information content (AvgIpc) is 3.20. The standard InChI is InChI=1S/C20H28N4O2/c1-21-20(23-10-5-12-25-15-17-6-4-13-26-17)24-14-16-9-11-22-19-8-3-2-7-18(16)19/h2-3,7-9,11,17H,4-6,10,12-15H2,1H3,(H2,21,23,24). The highest BCUT2D eigenvalue weighted by Gasteiger charge is 2.14. The van der Waals surface area contributed by atoms with E-state index >= 15 is 0 Å². The summed E-state index contributed by atoms with van der Waals surface area (Å²) in [6, 6.07) is 10.2. The van der Waals surface area contributed by atoms with Gasteiger partial charge in [-0.3, -0.25) is 9.98 Å². The fourth-order valence-corrected chi connectivity index (χ4v) is 3.08. The average molecular weight is 356 g/mol.